The summed E-state index contributed by atoms with van der Waals surface area (Å²) in [5, 5.41) is 13.4. The first-order valence-electron chi connectivity index (χ1n) is 8.33. The zero-order chi connectivity index (χ0) is 16.9. The summed E-state index contributed by atoms with van der Waals surface area (Å²) in [7, 11) is 1.66. The summed E-state index contributed by atoms with van der Waals surface area (Å²) < 4.78 is 7.16. The van der Waals surface area contributed by atoms with Gasteiger partial charge in [0.1, 0.15) is 5.75 Å². The number of hydrogen-bond acceptors (Lipinski definition) is 4. The fourth-order valence-electron chi connectivity index (χ4n) is 3.01. The Hall–Kier alpha value is -2.57. The zero-order valence-electron chi connectivity index (χ0n) is 14.1. The molecule has 0 aliphatic heterocycles. The first-order valence-corrected chi connectivity index (χ1v) is 8.33. The Labute approximate surface area is 141 Å². The van der Waals surface area contributed by atoms with Gasteiger partial charge in [0.2, 0.25) is 0 Å². The maximum atomic E-state index is 12.0. The van der Waals surface area contributed by atoms with Gasteiger partial charge in [-0.25, -0.2) is 4.79 Å². The van der Waals surface area contributed by atoms with Crippen molar-refractivity contribution in [3.63, 3.8) is 0 Å². The number of hydrogen-bond donors (Lipinski definition) is 2. The first kappa shape index (κ1) is 16.3. The van der Waals surface area contributed by atoms with Gasteiger partial charge in [-0.3, -0.25) is 10.00 Å². The van der Waals surface area contributed by atoms with E-state index in [9.17, 15) is 4.79 Å². The number of rotatable bonds is 6. The van der Waals surface area contributed by atoms with Crippen LogP contribution in [0.25, 0.3) is 0 Å². The number of nitrogens with zero attached hydrogens (tertiary/aromatic N) is 3. The highest BCUT2D eigenvalue weighted by Gasteiger charge is 2.15. The Balaban J connectivity index is 1.59. The highest BCUT2D eigenvalue weighted by atomic mass is 16.5. The number of amides is 2. The molecule has 0 saturated carbocycles. The maximum absolute atomic E-state index is 12.0. The molecule has 128 valence electrons. The van der Waals surface area contributed by atoms with Crippen molar-refractivity contribution in [1.82, 2.24) is 20.3 Å². The van der Waals surface area contributed by atoms with Gasteiger partial charge in [-0.15, -0.1) is 5.10 Å². The number of aromatic nitrogens is 3. The quantitative estimate of drug-likeness (QED) is 0.853. The van der Waals surface area contributed by atoms with Crippen LogP contribution in [0.15, 0.2) is 18.3 Å². The first-order chi connectivity index (χ1) is 11.7. The van der Waals surface area contributed by atoms with E-state index in [1.807, 2.05) is 0 Å². The molecule has 1 aromatic heterocycles. The van der Waals surface area contributed by atoms with Gasteiger partial charge in [0.25, 0.3) is 0 Å². The van der Waals surface area contributed by atoms with Crippen LogP contribution in [0.3, 0.4) is 0 Å². The molecule has 1 heterocycles. The number of benzene rings is 1. The molecule has 1 aromatic carbocycles. The lowest BCUT2D eigenvalue weighted by atomic mass is 10.1. The molecule has 0 atom stereocenters. The summed E-state index contributed by atoms with van der Waals surface area (Å²) in [6.45, 7) is 3.25. The largest absolute Gasteiger partial charge is 0.496 e. The second-order valence-corrected chi connectivity index (χ2v) is 5.96. The lowest BCUT2D eigenvalue weighted by Crippen LogP contribution is -2.28. The number of nitrogens with one attached hydrogen (secondary N) is 2. The summed E-state index contributed by atoms with van der Waals surface area (Å²) in [5.41, 5.74) is 3.70. The van der Waals surface area contributed by atoms with E-state index >= 15 is 0 Å². The van der Waals surface area contributed by atoms with E-state index in [2.05, 4.69) is 40.0 Å². The molecular weight excluding hydrogens is 306 g/mol. The number of carbonyl (C=O) groups is 1. The summed E-state index contributed by atoms with van der Waals surface area (Å²) in [4.78, 5) is 12.0. The van der Waals surface area contributed by atoms with E-state index in [1.54, 1.807) is 18.0 Å². The number of anilines is 1. The van der Waals surface area contributed by atoms with Gasteiger partial charge in [-0.2, -0.15) is 0 Å². The lowest BCUT2D eigenvalue weighted by molar-refractivity contribution is 0.251. The number of fused-ring (bicyclic) bond motifs is 1. The molecule has 0 radical (unpaired) electrons. The van der Waals surface area contributed by atoms with Gasteiger partial charge in [0.15, 0.2) is 5.82 Å². The predicted molar refractivity (Wildman–Crippen MR) is 91.2 cm³/mol. The van der Waals surface area contributed by atoms with Crippen molar-refractivity contribution >= 4 is 11.8 Å². The molecule has 24 heavy (non-hydrogen) atoms. The minimum Gasteiger partial charge on any atom is -0.496 e. The highest BCUT2D eigenvalue weighted by molar-refractivity contribution is 5.87. The molecular formula is C17H23N5O2. The van der Waals surface area contributed by atoms with E-state index in [0.717, 1.165) is 37.1 Å². The van der Waals surface area contributed by atoms with E-state index in [0.29, 0.717) is 12.4 Å². The Morgan fingerprint density at radius 2 is 2.12 bits per heavy atom. The minimum absolute atomic E-state index is 0.305. The third-order valence-electron chi connectivity index (χ3n) is 4.17. The lowest BCUT2D eigenvalue weighted by Gasteiger charge is -2.12. The number of ether oxygens (including phenoxy) is 1. The summed E-state index contributed by atoms with van der Waals surface area (Å²) in [6, 6.07) is 3.92. The summed E-state index contributed by atoms with van der Waals surface area (Å²) >= 11 is 0. The predicted octanol–water partition coefficient (Wildman–Crippen LogP) is 2.51. The van der Waals surface area contributed by atoms with Crippen molar-refractivity contribution < 1.29 is 9.53 Å². The summed E-state index contributed by atoms with van der Waals surface area (Å²) in [6.07, 6.45) is 6.07. The van der Waals surface area contributed by atoms with E-state index in [-0.39, 0.29) is 6.03 Å². The topological polar surface area (TPSA) is 81.1 Å². The Morgan fingerprint density at radius 3 is 2.88 bits per heavy atom. The van der Waals surface area contributed by atoms with E-state index in [4.69, 9.17) is 4.74 Å². The van der Waals surface area contributed by atoms with Crippen molar-refractivity contribution in [3.8, 4) is 5.75 Å². The monoisotopic (exact) mass is 329 g/mol. The van der Waals surface area contributed by atoms with Crippen LogP contribution in [0.4, 0.5) is 10.6 Å². The SMILES string of the molecule is CCCn1cc(NC(=O)NCc2cc3c(cc2OC)CCC3)nn1. The number of urea groups is 1. The van der Waals surface area contributed by atoms with Crippen molar-refractivity contribution in [3.05, 3.63) is 35.0 Å². The molecule has 0 unspecified atom stereocenters. The van der Waals surface area contributed by atoms with Crippen LogP contribution in [-0.2, 0) is 25.9 Å². The molecule has 7 heteroatoms. The molecule has 0 spiro atoms. The maximum Gasteiger partial charge on any atom is 0.320 e. The van der Waals surface area contributed by atoms with E-state index < -0.39 is 0 Å². The molecule has 3 rings (SSSR count). The van der Waals surface area contributed by atoms with Crippen molar-refractivity contribution in [2.45, 2.75) is 45.7 Å². The summed E-state index contributed by atoms with van der Waals surface area (Å²) in [5.74, 6) is 1.27. The van der Waals surface area contributed by atoms with Gasteiger partial charge >= 0.3 is 6.03 Å². The van der Waals surface area contributed by atoms with Crippen LogP contribution < -0.4 is 15.4 Å². The molecule has 0 fully saturated rings. The van der Waals surface area contributed by atoms with Crippen LogP contribution in [0.2, 0.25) is 0 Å². The van der Waals surface area contributed by atoms with Crippen LogP contribution in [0.1, 0.15) is 36.5 Å². The van der Waals surface area contributed by atoms with Crippen molar-refractivity contribution in [2.75, 3.05) is 12.4 Å². The minimum atomic E-state index is -0.305. The van der Waals surface area contributed by atoms with Crippen LogP contribution in [0.5, 0.6) is 5.75 Å². The molecule has 1 aliphatic carbocycles. The zero-order valence-corrected chi connectivity index (χ0v) is 14.1. The van der Waals surface area contributed by atoms with Crippen LogP contribution in [-0.4, -0.2) is 28.1 Å². The van der Waals surface area contributed by atoms with Gasteiger partial charge in [-0.05, 0) is 42.9 Å². The van der Waals surface area contributed by atoms with Crippen LogP contribution >= 0.6 is 0 Å². The van der Waals surface area contributed by atoms with Crippen LogP contribution in [0, 0.1) is 0 Å². The fourth-order valence-corrected chi connectivity index (χ4v) is 3.01. The standard InChI is InChI=1S/C17H23N5O2/c1-3-7-22-11-16(20-21-22)19-17(23)18-10-14-8-12-5-4-6-13(12)9-15(14)24-2/h8-9,11H,3-7,10H2,1-2H3,(H2,18,19,23). The number of aryl methyl sites for hydroxylation is 3. The third-order valence-corrected chi connectivity index (χ3v) is 4.17. The molecule has 1 aliphatic rings. The van der Waals surface area contributed by atoms with E-state index in [1.165, 1.54) is 17.5 Å². The second-order valence-electron chi connectivity index (χ2n) is 5.96. The Bertz CT molecular complexity index is 726. The van der Waals surface area contributed by atoms with Gasteiger partial charge in [0.05, 0.1) is 13.3 Å². The average molecular weight is 329 g/mol. The third kappa shape index (κ3) is 3.67. The Kier molecular flexibility index (Phi) is 4.98. The molecule has 2 amide bonds. The molecule has 7 nitrogen and oxygen atoms in total. The van der Waals surface area contributed by atoms with Gasteiger partial charge in [-0.1, -0.05) is 18.2 Å². The van der Waals surface area contributed by atoms with Gasteiger partial charge < -0.3 is 10.1 Å². The highest BCUT2D eigenvalue weighted by Crippen LogP contribution is 2.29. The van der Waals surface area contributed by atoms with Crippen molar-refractivity contribution in [1.29, 1.82) is 0 Å². The number of methoxy groups -OCH3 is 1. The smallest absolute Gasteiger partial charge is 0.320 e. The normalized spacial score (nSPS) is 12.8. The Morgan fingerprint density at radius 1 is 1.33 bits per heavy atom. The fraction of sp³-hybridized carbons (Fsp3) is 0.471. The molecule has 0 saturated heterocycles. The number of carbonyl (C=O) groups excluding carboxylic acids is 1. The molecule has 0 bridgehead atoms. The van der Waals surface area contributed by atoms with Gasteiger partial charge in [0, 0.05) is 18.7 Å². The molecule has 2 N–H and O–H groups in total. The second kappa shape index (κ2) is 7.33. The molecule has 2 aromatic rings. The van der Waals surface area contributed by atoms with Crippen molar-refractivity contribution in [2.24, 2.45) is 0 Å². The average Bonchev–Trinajstić information content (AvgIpc) is 3.21.